The second-order valence-corrected chi connectivity index (χ2v) is 6.38. The van der Waals surface area contributed by atoms with Crippen LogP contribution in [0.25, 0.3) is 0 Å². The van der Waals surface area contributed by atoms with Crippen LogP contribution in [-0.2, 0) is 10.0 Å². The van der Waals surface area contributed by atoms with Crippen molar-refractivity contribution in [1.82, 2.24) is 10.0 Å². The van der Waals surface area contributed by atoms with Crippen LogP contribution in [0.3, 0.4) is 0 Å². The summed E-state index contributed by atoms with van der Waals surface area (Å²) in [6, 6.07) is 5.27. The first-order chi connectivity index (χ1) is 7.97. The van der Waals surface area contributed by atoms with E-state index in [9.17, 15) is 8.42 Å². The third kappa shape index (κ3) is 4.39. The van der Waals surface area contributed by atoms with Gasteiger partial charge in [-0.1, -0.05) is 6.07 Å². The Labute approximate surface area is 111 Å². The molecule has 0 aliphatic heterocycles. The van der Waals surface area contributed by atoms with Crippen LogP contribution >= 0.6 is 15.9 Å². The van der Waals surface area contributed by atoms with Crippen LogP contribution in [0.4, 0.5) is 0 Å². The largest absolute Gasteiger partial charge is 0.320 e. The van der Waals surface area contributed by atoms with Crippen molar-refractivity contribution in [2.75, 3.05) is 20.1 Å². The van der Waals surface area contributed by atoms with Gasteiger partial charge >= 0.3 is 0 Å². The molecule has 0 atom stereocenters. The van der Waals surface area contributed by atoms with Crippen LogP contribution < -0.4 is 10.0 Å². The maximum atomic E-state index is 12.0. The lowest BCUT2D eigenvalue weighted by atomic mass is 10.2. The summed E-state index contributed by atoms with van der Waals surface area (Å²) in [5.74, 6) is 0. The van der Waals surface area contributed by atoms with Gasteiger partial charge in [0, 0.05) is 11.0 Å². The monoisotopic (exact) mass is 320 g/mol. The van der Waals surface area contributed by atoms with E-state index < -0.39 is 10.0 Å². The van der Waals surface area contributed by atoms with Crippen LogP contribution in [0.1, 0.15) is 12.0 Å². The number of benzene rings is 1. The van der Waals surface area contributed by atoms with E-state index in [2.05, 4.69) is 26.0 Å². The lowest BCUT2D eigenvalue weighted by molar-refractivity contribution is 0.576. The Morgan fingerprint density at radius 1 is 1.29 bits per heavy atom. The summed E-state index contributed by atoms with van der Waals surface area (Å²) in [7, 11) is -1.58. The zero-order valence-electron chi connectivity index (χ0n) is 9.96. The van der Waals surface area contributed by atoms with Crippen molar-refractivity contribution < 1.29 is 8.42 Å². The number of sulfonamides is 1. The second-order valence-electron chi connectivity index (χ2n) is 3.79. The molecule has 1 aromatic rings. The summed E-state index contributed by atoms with van der Waals surface area (Å²) in [4.78, 5) is 0.293. The lowest BCUT2D eigenvalue weighted by Gasteiger charge is -2.09. The molecule has 0 aromatic heterocycles. The van der Waals surface area contributed by atoms with E-state index in [1.807, 2.05) is 20.0 Å². The SMILES string of the molecule is CNCCCNS(=O)(=O)c1cc(C)ccc1Br. The standard InChI is InChI=1S/C11H17BrN2O2S/c1-9-4-5-10(12)11(8-9)17(15,16)14-7-3-6-13-2/h4-5,8,13-14H,3,6-7H2,1-2H3. The van der Waals surface area contributed by atoms with E-state index in [0.29, 0.717) is 15.9 Å². The highest BCUT2D eigenvalue weighted by molar-refractivity contribution is 9.10. The summed E-state index contributed by atoms with van der Waals surface area (Å²) in [5.41, 5.74) is 0.920. The van der Waals surface area contributed by atoms with Crippen LogP contribution in [-0.4, -0.2) is 28.6 Å². The van der Waals surface area contributed by atoms with Gasteiger partial charge < -0.3 is 5.32 Å². The molecule has 0 aliphatic carbocycles. The molecule has 0 unspecified atom stereocenters. The highest BCUT2D eigenvalue weighted by Crippen LogP contribution is 2.22. The molecule has 4 nitrogen and oxygen atoms in total. The van der Waals surface area contributed by atoms with E-state index in [1.165, 1.54) is 0 Å². The molecule has 1 aromatic carbocycles. The maximum absolute atomic E-state index is 12.0. The predicted molar refractivity (Wildman–Crippen MR) is 72.6 cm³/mol. The van der Waals surface area contributed by atoms with Crippen molar-refractivity contribution in [2.24, 2.45) is 0 Å². The molecular formula is C11H17BrN2O2S. The Hall–Kier alpha value is -0.430. The lowest BCUT2D eigenvalue weighted by Crippen LogP contribution is -2.27. The van der Waals surface area contributed by atoms with Gasteiger partial charge in [-0.2, -0.15) is 0 Å². The Morgan fingerprint density at radius 3 is 2.65 bits per heavy atom. The Bertz CT molecular complexity index is 474. The molecule has 0 aliphatic rings. The van der Waals surface area contributed by atoms with E-state index in [0.717, 1.165) is 18.5 Å². The fourth-order valence-corrected chi connectivity index (χ4v) is 3.49. The zero-order chi connectivity index (χ0) is 12.9. The number of hydrogen-bond donors (Lipinski definition) is 2. The molecule has 1 rings (SSSR count). The molecule has 17 heavy (non-hydrogen) atoms. The molecule has 0 amide bonds. The smallest absolute Gasteiger partial charge is 0.241 e. The molecule has 0 fully saturated rings. The zero-order valence-corrected chi connectivity index (χ0v) is 12.4. The molecule has 2 N–H and O–H groups in total. The molecule has 0 spiro atoms. The Morgan fingerprint density at radius 2 is 2.00 bits per heavy atom. The molecular weight excluding hydrogens is 304 g/mol. The number of rotatable bonds is 6. The first-order valence-electron chi connectivity index (χ1n) is 5.38. The van der Waals surface area contributed by atoms with E-state index in [1.54, 1.807) is 12.1 Å². The van der Waals surface area contributed by atoms with Crippen molar-refractivity contribution in [3.63, 3.8) is 0 Å². The van der Waals surface area contributed by atoms with E-state index >= 15 is 0 Å². The van der Waals surface area contributed by atoms with Gasteiger partial charge in [-0.3, -0.25) is 0 Å². The number of halogens is 1. The van der Waals surface area contributed by atoms with Gasteiger partial charge in [0.05, 0.1) is 4.90 Å². The van der Waals surface area contributed by atoms with Gasteiger partial charge in [0.2, 0.25) is 10.0 Å². The molecule has 0 radical (unpaired) electrons. The average Bonchev–Trinajstić information content (AvgIpc) is 2.28. The first-order valence-corrected chi connectivity index (χ1v) is 7.65. The molecule has 6 heteroatoms. The predicted octanol–water partition coefficient (Wildman–Crippen LogP) is 1.65. The molecule has 96 valence electrons. The highest BCUT2D eigenvalue weighted by atomic mass is 79.9. The minimum Gasteiger partial charge on any atom is -0.320 e. The van der Waals surface area contributed by atoms with Gasteiger partial charge in [0.1, 0.15) is 0 Å². The topological polar surface area (TPSA) is 58.2 Å². The summed E-state index contributed by atoms with van der Waals surface area (Å²) in [5, 5.41) is 2.97. The minimum atomic E-state index is -3.42. The van der Waals surface area contributed by atoms with E-state index in [4.69, 9.17) is 0 Å². The van der Waals surface area contributed by atoms with Gasteiger partial charge in [-0.15, -0.1) is 0 Å². The van der Waals surface area contributed by atoms with Gasteiger partial charge in [0.25, 0.3) is 0 Å². The Balaban J connectivity index is 2.79. The molecule has 0 bridgehead atoms. The average molecular weight is 321 g/mol. The third-order valence-corrected chi connectivity index (χ3v) is 4.73. The van der Waals surface area contributed by atoms with Gasteiger partial charge in [0.15, 0.2) is 0 Å². The second kappa shape index (κ2) is 6.49. The van der Waals surface area contributed by atoms with Crippen LogP contribution in [0.5, 0.6) is 0 Å². The minimum absolute atomic E-state index is 0.293. The Kier molecular flexibility index (Phi) is 5.58. The third-order valence-electron chi connectivity index (χ3n) is 2.27. The van der Waals surface area contributed by atoms with Crippen molar-refractivity contribution >= 4 is 26.0 Å². The first kappa shape index (κ1) is 14.6. The maximum Gasteiger partial charge on any atom is 0.241 e. The summed E-state index contributed by atoms with van der Waals surface area (Å²) >= 11 is 3.26. The summed E-state index contributed by atoms with van der Waals surface area (Å²) in [6.45, 7) is 3.09. The highest BCUT2D eigenvalue weighted by Gasteiger charge is 2.16. The number of aryl methyl sites for hydroxylation is 1. The van der Waals surface area contributed by atoms with Crippen LogP contribution in [0, 0.1) is 6.92 Å². The van der Waals surface area contributed by atoms with Crippen LogP contribution in [0.15, 0.2) is 27.6 Å². The van der Waals surface area contributed by atoms with Crippen LogP contribution in [0.2, 0.25) is 0 Å². The molecule has 0 saturated carbocycles. The van der Waals surface area contributed by atoms with Crippen molar-refractivity contribution in [3.05, 3.63) is 28.2 Å². The summed E-state index contributed by atoms with van der Waals surface area (Å²) < 4.78 is 27.2. The van der Waals surface area contributed by atoms with Gasteiger partial charge in [-0.05, 0) is 60.6 Å². The van der Waals surface area contributed by atoms with Gasteiger partial charge in [-0.25, -0.2) is 13.1 Å². The fraction of sp³-hybridized carbons (Fsp3) is 0.455. The molecule has 0 heterocycles. The summed E-state index contributed by atoms with van der Waals surface area (Å²) in [6.07, 6.45) is 0.763. The normalized spacial score (nSPS) is 11.7. The van der Waals surface area contributed by atoms with Crippen molar-refractivity contribution in [3.8, 4) is 0 Å². The molecule has 0 saturated heterocycles. The quantitative estimate of drug-likeness (QED) is 0.783. The van der Waals surface area contributed by atoms with E-state index in [-0.39, 0.29) is 0 Å². The van der Waals surface area contributed by atoms with Crippen molar-refractivity contribution in [2.45, 2.75) is 18.2 Å². The number of hydrogen-bond acceptors (Lipinski definition) is 3. The number of nitrogens with one attached hydrogen (secondary N) is 2. The fourth-order valence-electron chi connectivity index (χ4n) is 1.37. The van der Waals surface area contributed by atoms with Crippen molar-refractivity contribution in [1.29, 1.82) is 0 Å².